The molecule has 1 fully saturated rings. The Hall–Kier alpha value is -2.46. The number of carboxylic acids is 1. The summed E-state index contributed by atoms with van der Waals surface area (Å²) < 4.78 is 14.4. The number of nitro groups is 1. The van der Waals surface area contributed by atoms with Crippen LogP contribution in [0.4, 0.5) is 4.39 Å². The number of aromatic carboxylic acids is 1. The number of guanidine groups is 1. The summed E-state index contributed by atoms with van der Waals surface area (Å²) >= 11 is 5.99. The lowest BCUT2D eigenvalue weighted by Crippen LogP contribution is -2.56. The molecule has 1 aromatic rings. The van der Waals surface area contributed by atoms with Crippen molar-refractivity contribution in [1.82, 2.24) is 14.7 Å². The Morgan fingerprint density at radius 1 is 1.46 bits per heavy atom. The highest BCUT2D eigenvalue weighted by Crippen LogP contribution is 2.25. The van der Waals surface area contributed by atoms with Gasteiger partial charge in [0.2, 0.25) is 0 Å². The maximum Gasteiger partial charge on any atom is 0.338 e. The summed E-state index contributed by atoms with van der Waals surface area (Å²) in [5, 5.41) is 22.3. The van der Waals surface area contributed by atoms with Crippen molar-refractivity contribution in [3.8, 4) is 0 Å². The second-order valence-corrected chi connectivity index (χ2v) is 5.77. The highest BCUT2D eigenvalue weighted by molar-refractivity contribution is 6.31. The molecule has 0 unspecified atom stereocenters. The van der Waals surface area contributed by atoms with E-state index in [0.717, 1.165) is 6.07 Å². The summed E-state index contributed by atoms with van der Waals surface area (Å²) in [6.07, 6.45) is 0. The molecule has 0 aliphatic carbocycles. The minimum atomic E-state index is -1.42. The number of hydrogen-bond donors (Lipinski definition) is 1. The van der Waals surface area contributed by atoms with E-state index in [1.54, 1.807) is 14.1 Å². The zero-order chi connectivity index (χ0) is 18.0. The van der Waals surface area contributed by atoms with Crippen molar-refractivity contribution >= 4 is 23.5 Å². The van der Waals surface area contributed by atoms with Gasteiger partial charge in [-0.2, -0.15) is 0 Å². The average Bonchev–Trinajstić information content (AvgIpc) is 2.46. The lowest BCUT2D eigenvalue weighted by atomic mass is 10.1. The second kappa shape index (κ2) is 6.97. The van der Waals surface area contributed by atoms with Crippen LogP contribution in [0.3, 0.4) is 0 Å². The zero-order valence-electron chi connectivity index (χ0n) is 12.9. The van der Waals surface area contributed by atoms with Gasteiger partial charge in [0, 0.05) is 17.6 Å². The van der Waals surface area contributed by atoms with E-state index in [-0.39, 0.29) is 29.8 Å². The first-order valence-corrected chi connectivity index (χ1v) is 7.16. The molecule has 24 heavy (non-hydrogen) atoms. The van der Waals surface area contributed by atoms with Crippen molar-refractivity contribution in [1.29, 1.82) is 0 Å². The van der Waals surface area contributed by atoms with Crippen molar-refractivity contribution < 1.29 is 19.3 Å². The lowest BCUT2D eigenvalue weighted by Gasteiger charge is -2.40. The van der Waals surface area contributed by atoms with Gasteiger partial charge in [-0.25, -0.2) is 19.3 Å². The van der Waals surface area contributed by atoms with Crippen molar-refractivity contribution in [2.75, 3.05) is 27.4 Å². The topological polar surface area (TPSA) is 103 Å². The number of hydrogen-bond acceptors (Lipinski definition) is 4. The van der Waals surface area contributed by atoms with E-state index < -0.39 is 22.4 Å². The Morgan fingerprint density at radius 2 is 2.12 bits per heavy atom. The van der Waals surface area contributed by atoms with Crippen LogP contribution >= 0.6 is 11.6 Å². The molecule has 1 heterocycles. The number of hydrazone groups is 1. The van der Waals surface area contributed by atoms with E-state index in [1.807, 2.05) is 4.90 Å². The van der Waals surface area contributed by atoms with E-state index in [9.17, 15) is 19.3 Å². The molecule has 0 spiro atoms. The van der Waals surface area contributed by atoms with E-state index in [2.05, 4.69) is 5.10 Å². The van der Waals surface area contributed by atoms with Crippen molar-refractivity contribution in [3.05, 3.63) is 44.2 Å². The van der Waals surface area contributed by atoms with Crippen LogP contribution in [0.1, 0.15) is 15.9 Å². The number of carboxylic acid groups (broad SMARTS) is 1. The Labute approximate surface area is 141 Å². The average molecular weight is 360 g/mol. The number of benzene rings is 1. The first kappa shape index (κ1) is 17.9. The molecule has 1 saturated heterocycles. The summed E-state index contributed by atoms with van der Waals surface area (Å²) in [6, 6.07) is 2.36. The van der Waals surface area contributed by atoms with Crippen LogP contribution in [0.2, 0.25) is 5.02 Å². The maximum absolute atomic E-state index is 14.4. The zero-order valence-corrected chi connectivity index (χ0v) is 13.7. The Balaban J connectivity index is 2.42. The van der Waals surface area contributed by atoms with Crippen LogP contribution in [-0.2, 0) is 6.54 Å². The first-order chi connectivity index (χ1) is 11.2. The molecule has 0 saturated carbocycles. The Bertz CT molecular complexity index is 714. The third kappa shape index (κ3) is 3.71. The van der Waals surface area contributed by atoms with Crippen LogP contribution in [0.5, 0.6) is 0 Å². The van der Waals surface area contributed by atoms with Crippen LogP contribution < -0.4 is 0 Å². The van der Waals surface area contributed by atoms with Gasteiger partial charge in [0.05, 0.1) is 25.4 Å². The van der Waals surface area contributed by atoms with Gasteiger partial charge < -0.3 is 14.9 Å². The molecule has 1 aliphatic rings. The van der Waals surface area contributed by atoms with Crippen LogP contribution in [-0.4, -0.2) is 64.2 Å². The summed E-state index contributed by atoms with van der Waals surface area (Å²) in [7, 11) is 3.38. The van der Waals surface area contributed by atoms with Gasteiger partial charge >= 0.3 is 5.97 Å². The number of nitrogens with zero attached hydrogens (tertiary/aromatic N) is 5. The highest BCUT2D eigenvalue weighted by Gasteiger charge is 2.29. The van der Waals surface area contributed by atoms with Gasteiger partial charge in [-0.15, -0.1) is 0 Å². The summed E-state index contributed by atoms with van der Waals surface area (Å²) in [5.74, 6) is -2.35. The van der Waals surface area contributed by atoms with Crippen molar-refractivity contribution in [2.45, 2.75) is 6.54 Å². The molecule has 0 radical (unpaired) electrons. The van der Waals surface area contributed by atoms with Crippen LogP contribution in [0.25, 0.3) is 0 Å². The normalized spacial score (nSPS) is 17.4. The number of rotatable bonds is 4. The van der Waals surface area contributed by atoms with E-state index >= 15 is 0 Å². The van der Waals surface area contributed by atoms with Gasteiger partial charge in [-0.1, -0.05) is 11.6 Å². The third-order valence-corrected chi connectivity index (χ3v) is 3.78. The van der Waals surface area contributed by atoms with Gasteiger partial charge in [0.25, 0.3) is 5.96 Å². The van der Waals surface area contributed by atoms with Gasteiger partial charge in [0.1, 0.15) is 10.9 Å². The van der Waals surface area contributed by atoms with Gasteiger partial charge in [-0.3, -0.25) is 4.90 Å². The molecule has 1 N–H and O–H groups in total. The van der Waals surface area contributed by atoms with Gasteiger partial charge in [-0.05, 0) is 19.2 Å². The number of halogens is 2. The predicted octanol–water partition coefficient (Wildman–Crippen LogP) is 1.32. The summed E-state index contributed by atoms with van der Waals surface area (Å²) in [4.78, 5) is 26.6. The second-order valence-electron chi connectivity index (χ2n) is 5.37. The molecule has 1 aliphatic heterocycles. The molecule has 0 atom stereocenters. The van der Waals surface area contributed by atoms with E-state index in [1.165, 1.54) is 15.9 Å². The fourth-order valence-corrected chi connectivity index (χ4v) is 2.70. The van der Waals surface area contributed by atoms with E-state index in [0.29, 0.717) is 6.67 Å². The van der Waals surface area contributed by atoms with Crippen LogP contribution in [0, 0.1) is 15.9 Å². The molecule has 0 aromatic heterocycles. The quantitative estimate of drug-likeness (QED) is 0.638. The largest absolute Gasteiger partial charge is 0.478 e. The Kier molecular flexibility index (Phi) is 5.20. The monoisotopic (exact) mass is 359 g/mol. The molecule has 9 nitrogen and oxygen atoms in total. The molecule has 11 heteroatoms. The van der Waals surface area contributed by atoms with E-state index in [4.69, 9.17) is 16.7 Å². The van der Waals surface area contributed by atoms with Crippen molar-refractivity contribution in [3.63, 3.8) is 0 Å². The molecule has 1 aromatic carbocycles. The molecule has 0 bridgehead atoms. The molecule has 0 amide bonds. The smallest absolute Gasteiger partial charge is 0.338 e. The predicted molar refractivity (Wildman–Crippen MR) is 83.6 cm³/mol. The molecular weight excluding hydrogens is 345 g/mol. The van der Waals surface area contributed by atoms with Gasteiger partial charge in [0.15, 0.2) is 5.03 Å². The molecular formula is C13H15ClFN5O4. The standard InChI is InChI=1S/C13H15ClFN5O4/c1-17-6-18(2)13(16-20(23)24)19(7-17)5-9-10(14)4-3-8(11(9)15)12(21)22/h3-4H,5-7H2,1-2H3,(H,21,22)/b16-13+. The summed E-state index contributed by atoms with van der Waals surface area (Å²) in [6.45, 7) is 0.478. The number of carbonyl (C=O) groups is 1. The fraction of sp³-hybridized carbons (Fsp3) is 0.385. The lowest BCUT2D eigenvalue weighted by molar-refractivity contribution is -0.486. The third-order valence-electron chi connectivity index (χ3n) is 3.43. The summed E-state index contributed by atoms with van der Waals surface area (Å²) in [5.41, 5.74) is -0.572. The first-order valence-electron chi connectivity index (χ1n) is 6.78. The van der Waals surface area contributed by atoms with Crippen LogP contribution in [0.15, 0.2) is 17.2 Å². The minimum Gasteiger partial charge on any atom is -0.478 e. The fourth-order valence-electron chi connectivity index (χ4n) is 2.50. The maximum atomic E-state index is 14.4. The highest BCUT2D eigenvalue weighted by atomic mass is 35.5. The minimum absolute atomic E-state index is 0.0360. The Morgan fingerprint density at radius 3 is 2.71 bits per heavy atom. The molecule has 2 rings (SSSR count). The SMILES string of the molecule is CN1CN(C)/C(=N\[N+](=O)[O-])N(Cc2c(Cl)ccc(C(=O)O)c2F)C1. The van der Waals surface area contributed by atoms with Crippen molar-refractivity contribution in [2.24, 2.45) is 5.10 Å². The molecule has 130 valence electrons.